The monoisotopic (exact) mass is 277 g/mol. The van der Waals surface area contributed by atoms with E-state index in [-0.39, 0.29) is 0 Å². The zero-order valence-electron chi connectivity index (χ0n) is 11.6. The maximum absolute atomic E-state index is 4.42. The Bertz CT molecular complexity index is 919. The van der Waals surface area contributed by atoms with Gasteiger partial charge in [0.05, 0.1) is 11.9 Å². The molecule has 0 fully saturated rings. The molecule has 5 nitrogen and oxygen atoms in total. The van der Waals surface area contributed by atoms with Crippen LogP contribution >= 0.6 is 0 Å². The molecule has 4 rings (SSSR count). The van der Waals surface area contributed by atoms with Gasteiger partial charge in [-0.05, 0) is 36.8 Å². The van der Waals surface area contributed by atoms with Gasteiger partial charge in [0.25, 0.3) is 0 Å². The summed E-state index contributed by atoms with van der Waals surface area (Å²) < 4.78 is 0. The third-order valence-corrected chi connectivity index (χ3v) is 3.56. The van der Waals surface area contributed by atoms with E-state index in [2.05, 4.69) is 43.5 Å². The molecule has 0 saturated carbocycles. The Morgan fingerprint density at radius 1 is 1.05 bits per heavy atom. The molecule has 0 aliphatic heterocycles. The maximum atomic E-state index is 4.42. The largest absolute Gasteiger partial charge is 0.380 e. The number of H-pyrrole nitrogens is 2. The van der Waals surface area contributed by atoms with Gasteiger partial charge in [-0.15, -0.1) is 0 Å². The van der Waals surface area contributed by atoms with Crippen molar-refractivity contribution in [1.29, 1.82) is 0 Å². The van der Waals surface area contributed by atoms with Crippen LogP contribution in [0.2, 0.25) is 0 Å². The van der Waals surface area contributed by atoms with Gasteiger partial charge in [0.2, 0.25) is 0 Å². The van der Waals surface area contributed by atoms with Crippen molar-refractivity contribution in [3.63, 3.8) is 0 Å². The number of aromatic amines is 2. The summed E-state index contributed by atoms with van der Waals surface area (Å²) in [7, 11) is 0. The summed E-state index contributed by atoms with van der Waals surface area (Å²) in [6, 6.07) is 8.37. The van der Waals surface area contributed by atoms with Crippen molar-refractivity contribution < 1.29 is 0 Å². The summed E-state index contributed by atoms with van der Waals surface area (Å²) in [4.78, 5) is 15.1. The van der Waals surface area contributed by atoms with Crippen molar-refractivity contribution in [3.05, 3.63) is 54.1 Å². The van der Waals surface area contributed by atoms with Crippen LogP contribution in [0.3, 0.4) is 0 Å². The highest BCUT2D eigenvalue weighted by molar-refractivity contribution is 5.80. The number of aryl methyl sites for hydroxylation is 1. The van der Waals surface area contributed by atoms with Crippen LogP contribution < -0.4 is 5.32 Å². The summed E-state index contributed by atoms with van der Waals surface area (Å²) in [5.74, 6) is 0. The molecule has 3 N–H and O–H groups in total. The number of anilines is 1. The van der Waals surface area contributed by atoms with E-state index in [1.807, 2.05) is 31.6 Å². The molecule has 4 aromatic rings. The van der Waals surface area contributed by atoms with Crippen molar-refractivity contribution in [2.24, 2.45) is 0 Å². The Morgan fingerprint density at radius 2 is 1.95 bits per heavy atom. The first-order valence-corrected chi connectivity index (χ1v) is 6.89. The molecular weight excluding hydrogens is 262 g/mol. The fraction of sp³-hybridized carbons (Fsp3) is 0.125. The quantitative estimate of drug-likeness (QED) is 0.538. The van der Waals surface area contributed by atoms with E-state index in [1.165, 1.54) is 0 Å². The molecule has 0 amide bonds. The predicted molar refractivity (Wildman–Crippen MR) is 84.3 cm³/mol. The second kappa shape index (κ2) is 4.63. The molecule has 0 aliphatic carbocycles. The van der Waals surface area contributed by atoms with E-state index in [4.69, 9.17) is 0 Å². The molecule has 0 atom stereocenters. The van der Waals surface area contributed by atoms with Gasteiger partial charge in [-0.1, -0.05) is 0 Å². The Hall–Kier alpha value is -2.82. The number of hydrogen-bond donors (Lipinski definition) is 3. The number of hydrogen-bond acceptors (Lipinski definition) is 3. The highest BCUT2D eigenvalue weighted by Gasteiger charge is 2.02. The Morgan fingerprint density at radius 3 is 2.90 bits per heavy atom. The highest BCUT2D eigenvalue weighted by Crippen LogP contribution is 2.18. The van der Waals surface area contributed by atoms with E-state index in [9.17, 15) is 0 Å². The van der Waals surface area contributed by atoms with Crippen LogP contribution in [0.15, 0.2) is 42.9 Å². The molecule has 21 heavy (non-hydrogen) atoms. The van der Waals surface area contributed by atoms with Crippen LogP contribution in [0, 0.1) is 6.92 Å². The molecule has 0 unspecified atom stereocenters. The van der Waals surface area contributed by atoms with Crippen LogP contribution in [0.25, 0.3) is 22.1 Å². The molecule has 0 bridgehead atoms. The van der Waals surface area contributed by atoms with Crippen molar-refractivity contribution in [2.45, 2.75) is 13.5 Å². The second-order valence-electron chi connectivity index (χ2n) is 5.23. The van der Waals surface area contributed by atoms with Crippen molar-refractivity contribution >= 4 is 27.8 Å². The van der Waals surface area contributed by atoms with Crippen LogP contribution in [-0.4, -0.2) is 19.9 Å². The van der Waals surface area contributed by atoms with Gasteiger partial charge in [-0.2, -0.15) is 0 Å². The smallest absolute Gasteiger partial charge is 0.137 e. The number of fused-ring (bicyclic) bond motifs is 2. The van der Waals surface area contributed by atoms with E-state index in [1.54, 1.807) is 0 Å². The average Bonchev–Trinajstić information content (AvgIpc) is 3.08. The van der Waals surface area contributed by atoms with Crippen molar-refractivity contribution in [1.82, 2.24) is 19.9 Å². The van der Waals surface area contributed by atoms with E-state index < -0.39 is 0 Å². The topological polar surface area (TPSA) is 69.4 Å². The van der Waals surface area contributed by atoms with Gasteiger partial charge in [0, 0.05) is 35.4 Å². The molecule has 4 heterocycles. The molecule has 0 radical (unpaired) electrons. The third-order valence-electron chi connectivity index (χ3n) is 3.56. The number of pyridine rings is 2. The third kappa shape index (κ3) is 2.23. The van der Waals surface area contributed by atoms with Gasteiger partial charge in [-0.25, -0.2) is 9.97 Å². The molecule has 4 aromatic heterocycles. The molecule has 0 saturated heterocycles. The zero-order chi connectivity index (χ0) is 14.2. The average molecular weight is 277 g/mol. The van der Waals surface area contributed by atoms with E-state index in [0.717, 1.165) is 45.6 Å². The minimum absolute atomic E-state index is 0.727. The summed E-state index contributed by atoms with van der Waals surface area (Å²) in [5.41, 5.74) is 5.12. The zero-order valence-corrected chi connectivity index (χ0v) is 11.6. The molecular formula is C16H15N5. The van der Waals surface area contributed by atoms with Crippen LogP contribution in [0.4, 0.5) is 5.69 Å². The first-order chi connectivity index (χ1) is 10.3. The molecule has 0 aliphatic rings. The van der Waals surface area contributed by atoms with Gasteiger partial charge < -0.3 is 15.3 Å². The molecule has 0 spiro atoms. The van der Waals surface area contributed by atoms with Crippen molar-refractivity contribution in [3.8, 4) is 0 Å². The molecule has 0 aromatic carbocycles. The first-order valence-electron chi connectivity index (χ1n) is 6.89. The van der Waals surface area contributed by atoms with Gasteiger partial charge in [0.15, 0.2) is 0 Å². The molecule has 104 valence electrons. The lowest BCUT2D eigenvalue weighted by Gasteiger charge is -2.06. The molecule has 5 heteroatoms. The standard InChI is InChI=1S/C16H15N5/c1-10-4-13-6-14(9-20-16(13)21-10)18-7-11-5-12-2-3-17-15(12)19-8-11/h2-6,8-9,18H,7H2,1H3,(H,17,19)(H,20,21). The lowest BCUT2D eigenvalue weighted by molar-refractivity contribution is 1.12. The lowest BCUT2D eigenvalue weighted by Crippen LogP contribution is -2.00. The Balaban J connectivity index is 1.56. The summed E-state index contributed by atoms with van der Waals surface area (Å²) in [6.45, 7) is 2.76. The highest BCUT2D eigenvalue weighted by atomic mass is 14.9. The number of nitrogens with one attached hydrogen (secondary N) is 3. The Kier molecular flexibility index (Phi) is 2.64. The summed E-state index contributed by atoms with van der Waals surface area (Å²) in [6.07, 6.45) is 5.64. The Labute approximate surface area is 121 Å². The number of aromatic nitrogens is 4. The predicted octanol–water partition coefficient (Wildman–Crippen LogP) is 3.36. The summed E-state index contributed by atoms with van der Waals surface area (Å²) in [5, 5.41) is 5.64. The maximum Gasteiger partial charge on any atom is 0.137 e. The summed E-state index contributed by atoms with van der Waals surface area (Å²) >= 11 is 0. The fourth-order valence-electron chi connectivity index (χ4n) is 2.54. The SMILES string of the molecule is Cc1cc2cc(NCc3cnc4[nH]ccc4c3)cnc2[nH]1. The second-order valence-corrected chi connectivity index (χ2v) is 5.23. The van der Waals surface area contributed by atoms with Gasteiger partial charge in [-0.3, -0.25) is 0 Å². The normalized spacial score (nSPS) is 11.3. The van der Waals surface area contributed by atoms with Crippen molar-refractivity contribution in [2.75, 3.05) is 5.32 Å². The van der Waals surface area contributed by atoms with E-state index >= 15 is 0 Å². The van der Waals surface area contributed by atoms with E-state index in [0.29, 0.717) is 0 Å². The van der Waals surface area contributed by atoms with Crippen LogP contribution in [0.1, 0.15) is 11.3 Å². The minimum atomic E-state index is 0.727. The van der Waals surface area contributed by atoms with Gasteiger partial charge >= 0.3 is 0 Å². The first kappa shape index (κ1) is 12.0. The fourth-order valence-corrected chi connectivity index (χ4v) is 2.54. The number of nitrogens with zero attached hydrogens (tertiary/aromatic N) is 2. The van der Waals surface area contributed by atoms with Crippen LogP contribution in [-0.2, 0) is 6.54 Å². The van der Waals surface area contributed by atoms with Crippen LogP contribution in [0.5, 0.6) is 0 Å². The minimum Gasteiger partial charge on any atom is -0.380 e. The van der Waals surface area contributed by atoms with Gasteiger partial charge in [0.1, 0.15) is 11.3 Å². The number of rotatable bonds is 3. The lowest BCUT2D eigenvalue weighted by atomic mass is 10.2.